The lowest BCUT2D eigenvalue weighted by Crippen LogP contribution is -2.50. The number of ether oxygens (including phenoxy) is 1. The number of nitrogens with zero attached hydrogens (tertiary/aromatic N) is 2. The summed E-state index contributed by atoms with van der Waals surface area (Å²) in [5, 5.41) is 3.03. The molecule has 0 aromatic carbocycles. The van der Waals surface area contributed by atoms with Crippen molar-refractivity contribution in [3.63, 3.8) is 0 Å². The summed E-state index contributed by atoms with van der Waals surface area (Å²) in [6.45, 7) is 9.68. The minimum absolute atomic E-state index is 0.0102. The van der Waals surface area contributed by atoms with E-state index in [-0.39, 0.29) is 11.3 Å². The van der Waals surface area contributed by atoms with Crippen LogP contribution in [0.15, 0.2) is 17.8 Å². The average Bonchev–Trinajstić information content (AvgIpc) is 2.74. The van der Waals surface area contributed by atoms with Crippen LogP contribution in [0.3, 0.4) is 0 Å². The standard InChI is InChI=1S/C12H18N2O3/c1-5-12-7-6-8(15)14(12)10(11(2,3)4)17-9(12)13-16/h5,9-10H,1,6-7H2,2-4H3. The van der Waals surface area contributed by atoms with Crippen molar-refractivity contribution in [3.8, 4) is 0 Å². The van der Waals surface area contributed by atoms with Crippen LogP contribution >= 0.6 is 0 Å². The van der Waals surface area contributed by atoms with E-state index in [2.05, 4.69) is 11.8 Å². The quantitative estimate of drug-likeness (QED) is 0.546. The molecule has 0 spiro atoms. The SMILES string of the molecule is C=CC12CCC(=O)N1C(C(C)(C)C)OC2N=O. The van der Waals surface area contributed by atoms with Gasteiger partial charge in [0.15, 0.2) is 0 Å². The summed E-state index contributed by atoms with van der Waals surface area (Å²) in [4.78, 5) is 24.6. The smallest absolute Gasteiger partial charge is 0.225 e. The number of hydrogen-bond donors (Lipinski definition) is 0. The maximum absolute atomic E-state index is 12.0. The van der Waals surface area contributed by atoms with Crippen LogP contribution in [0.4, 0.5) is 0 Å². The highest BCUT2D eigenvalue weighted by Gasteiger charge is 2.61. The van der Waals surface area contributed by atoms with Crippen molar-refractivity contribution in [1.29, 1.82) is 0 Å². The van der Waals surface area contributed by atoms with Gasteiger partial charge in [-0.15, -0.1) is 11.5 Å². The van der Waals surface area contributed by atoms with Gasteiger partial charge in [-0.25, -0.2) is 0 Å². The van der Waals surface area contributed by atoms with Gasteiger partial charge in [-0.3, -0.25) is 4.79 Å². The summed E-state index contributed by atoms with van der Waals surface area (Å²) in [5.41, 5.74) is -0.996. The monoisotopic (exact) mass is 238 g/mol. The first-order valence-electron chi connectivity index (χ1n) is 5.80. The van der Waals surface area contributed by atoms with Crippen molar-refractivity contribution >= 4 is 5.91 Å². The van der Waals surface area contributed by atoms with Crippen molar-refractivity contribution in [3.05, 3.63) is 17.6 Å². The lowest BCUT2D eigenvalue weighted by atomic mass is 9.91. The minimum Gasteiger partial charge on any atom is -0.326 e. The van der Waals surface area contributed by atoms with E-state index < -0.39 is 18.0 Å². The minimum atomic E-state index is -0.837. The molecular formula is C12H18N2O3. The van der Waals surface area contributed by atoms with Gasteiger partial charge in [0.1, 0.15) is 11.8 Å². The Morgan fingerprint density at radius 3 is 2.71 bits per heavy atom. The van der Waals surface area contributed by atoms with Crippen molar-refractivity contribution < 1.29 is 9.53 Å². The van der Waals surface area contributed by atoms with E-state index in [0.29, 0.717) is 12.8 Å². The summed E-state index contributed by atoms with van der Waals surface area (Å²) < 4.78 is 5.66. The molecule has 1 amide bonds. The average molecular weight is 238 g/mol. The third-order valence-electron chi connectivity index (χ3n) is 3.57. The van der Waals surface area contributed by atoms with Crippen molar-refractivity contribution in [2.24, 2.45) is 10.6 Å². The Kier molecular flexibility index (Phi) is 2.61. The Morgan fingerprint density at radius 2 is 2.24 bits per heavy atom. The summed E-state index contributed by atoms with van der Waals surface area (Å²) in [7, 11) is 0. The molecule has 5 heteroatoms. The van der Waals surface area contributed by atoms with Gasteiger partial charge in [0, 0.05) is 11.8 Å². The van der Waals surface area contributed by atoms with Gasteiger partial charge >= 0.3 is 0 Å². The summed E-state index contributed by atoms with van der Waals surface area (Å²) in [5.74, 6) is 0.0102. The van der Waals surface area contributed by atoms with E-state index in [9.17, 15) is 9.70 Å². The molecule has 0 aromatic heterocycles. The third-order valence-corrected chi connectivity index (χ3v) is 3.57. The number of rotatable bonds is 2. The van der Waals surface area contributed by atoms with Gasteiger partial charge in [0.05, 0.1) is 0 Å². The zero-order valence-electron chi connectivity index (χ0n) is 10.5. The maximum atomic E-state index is 12.0. The first-order chi connectivity index (χ1) is 7.86. The Balaban J connectivity index is 2.47. The second-order valence-electron chi connectivity index (χ2n) is 5.77. The highest BCUT2D eigenvalue weighted by Crippen LogP contribution is 2.48. The van der Waals surface area contributed by atoms with E-state index in [4.69, 9.17) is 4.74 Å². The molecule has 0 aromatic rings. The number of carbonyl (C=O) groups is 1. The van der Waals surface area contributed by atoms with Crippen LogP contribution in [0.25, 0.3) is 0 Å². The van der Waals surface area contributed by atoms with Gasteiger partial charge in [-0.2, -0.15) is 0 Å². The zero-order valence-corrected chi connectivity index (χ0v) is 10.5. The van der Waals surface area contributed by atoms with Crippen LogP contribution in [-0.2, 0) is 9.53 Å². The second kappa shape index (κ2) is 3.63. The highest BCUT2D eigenvalue weighted by molar-refractivity contribution is 5.81. The molecular weight excluding hydrogens is 220 g/mol. The molecule has 0 aliphatic carbocycles. The fourth-order valence-corrected chi connectivity index (χ4v) is 2.68. The predicted octanol–water partition coefficient (Wildman–Crippen LogP) is 2.03. The van der Waals surface area contributed by atoms with Crippen molar-refractivity contribution in [2.45, 2.75) is 51.6 Å². The van der Waals surface area contributed by atoms with Crippen molar-refractivity contribution in [2.75, 3.05) is 0 Å². The van der Waals surface area contributed by atoms with E-state index in [1.807, 2.05) is 20.8 Å². The Morgan fingerprint density at radius 1 is 1.59 bits per heavy atom. The molecule has 0 bridgehead atoms. The molecule has 17 heavy (non-hydrogen) atoms. The van der Waals surface area contributed by atoms with E-state index in [1.54, 1.807) is 11.0 Å². The van der Waals surface area contributed by atoms with Gasteiger partial charge < -0.3 is 9.64 Å². The molecule has 2 fully saturated rings. The lowest BCUT2D eigenvalue weighted by Gasteiger charge is -2.36. The van der Waals surface area contributed by atoms with Crippen LogP contribution in [0.1, 0.15) is 33.6 Å². The largest absolute Gasteiger partial charge is 0.326 e. The first-order valence-corrected chi connectivity index (χ1v) is 5.80. The molecule has 2 aliphatic heterocycles. The molecule has 2 heterocycles. The van der Waals surface area contributed by atoms with Crippen LogP contribution in [0.2, 0.25) is 0 Å². The van der Waals surface area contributed by atoms with Crippen LogP contribution in [0.5, 0.6) is 0 Å². The van der Waals surface area contributed by atoms with Gasteiger partial charge in [-0.05, 0) is 11.6 Å². The molecule has 2 rings (SSSR count). The number of amides is 1. The molecule has 5 nitrogen and oxygen atoms in total. The lowest BCUT2D eigenvalue weighted by molar-refractivity contribution is -0.141. The summed E-state index contributed by atoms with van der Waals surface area (Å²) in [6.07, 6.45) is 1.36. The molecule has 2 aliphatic rings. The van der Waals surface area contributed by atoms with Crippen molar-refractivity contribution in [1.82, 2.24) is 4.90 Å². The topological polar surface area (TPSA) is 59.0 Å². The zero-order chi connectivity index (χ0) is 12.8. The Bertz CT molecular complexity index is 374. The second-order valence-corrected chi connectivity index (χ2v) is 5.77. The molecule has 2 saturated heterocycles. The third kappa shape index (κ3) is 1.52. The summed E-state index contributed by atoms with van der Waals surface area (Å²) in [6, 6.07) is 0. The van der Waals surface area contributed by atoms with Crippen LogP contribution in [-0.4, -0.2) is 28.8 Å². The van der Waals surface area contributed by atoms with Crippen LogP contribution < -0.4 is 0 Å². The van der Waals surface area contributed by atoms with E-state index >= 15 is 0 Å². The van der Waals surface area contributed by atoms with E-state index in [1.165, 1.54) is 0 Å². The molecule has 94 valence electrons. The van der Waals surface area contributed by atoms with Gasteiger partial charge in [0.2, 0.25) is 12.1 Å². The molecule has 0 saturated carbocycles. The van der Waals surface area contributed by atoms with Gasteiger partial charge in [-0.1, -0.05) is 26.8 Å². The fourth-order valence-electron chi connectivity index (χ4n) is 2.68. The maximum Gasteiger partial charge on any atom is 0.225 e. The molecule has 3 unspecified atom stereocenters. The number of carbonyl (C=O) groups excluding carboxylic acids is 1. The predicted molar refractivity (Wildman–Crippen MR) is 62.9 cm³/mol. The first kappa shape index (κ1) is 12.2. The highest BCUT2D eigenvalue weighted by atomic mass is 16.6. The fraction of sp³-hybridized carbons (Fsp3) is 0.750. The number of nitroso groups, excluding NO2 is 1. The van der Waals surface area contributed by atoms with E-state index in [0.717, 1.165) is 0 Å². The number of fused-ring (bicyclic) bond motifs is 1. The molecule has 0 radical (unpaired) electrons. The Labute approximate surface area is 101 Å². The van der Waals surface area contributed by atoms with Gasteiger partial charge in [0.25, 0.3) is 0 Å². The Hall–Kier alpha value is -1.23. The number of hydrogen-bond acceptors (Lipinski definition) is 4. The molecule has 3 atom stereocenters. The summed E-state index contributed by atoms with van der Waals surface area (Å²) >= 11 is 0. The van der Waals surface area contributed by atoms with Crippen LogP contribution in [0, 0.1) is 10.3 Å². The molecule has 0 N–H and O–H groups in total. The normalized spacial score (nSPS) is 37.1.